The number of hydrogen-bond acceptors (Lipinski definition) is 7. The van der Waals surface area contributed by atoms with Crippen LogP contribution in [0.3, 0.4) is 0 Å². The van der Waals surface area contributed by atoms with Gasteiger partial charge in [0.1, 0.15) is 24.3 Å². The second kappa shape index (κ2) is 9.09. The lowest BCUT2D eigenvalue weighted by Gasteiger charge is -2.35. The molecule has 0 radical (unpaired) electrons. The highest BCUT2D eigenvalue weighted by atomic mass is 16.5. The average molecular weight is 463 g/mol. The first-order valence-electron chi connectivity index (χ1n) is 11.2. The van der Waals surface area contributed by atoms with Crippen molar-refractivity contribution in [2.45, 2.75) is 13.5 Å². The molecule has 9 nitrogen and oxygen atoms in total. The van der Waals surface area contributed by atoms with Crippen LogP contribution in [0.25, 0.3) is 0 Å². The van der Waals surface area contributed by atoms with Crippen LogP contribution in [-0.4, -0.2) is 61.6 Å². The van der Waals surface area contributed by atoms with E-state index in [1.165, 1.54) is 6.26 Å². The van der Waals surface area contributed by atoms with E-state index in [1.54, 1.807) is 16.9 Å². The Balaban J connectivity index is 1.23. The first kappa shape index (κ1) is 21.8. The number of fused-ring (bicyclic) bond motifs is 1. The molecule has 1 saturated heterocycles. The molecule has 3 heterocycles. The number of methoxy groups -OCH3 is 1. The average Bonchev–Trinajstić information content (AvgIpc) is 3.34. The smallest absolute Gasteiger partial charge is 0.275 e. The minimum absolute atomic E-state index is 0.0406. The zero-order valence-electron chi connectivity index (χ0n) is 19.2. The molecule has 1 fully saturated rings. The van der Waals surface area contributed by atoms with E-state index in [0.717, 1.165) is 30.1 Å². The summed E-state index contributed by atoms with van der Waals surface area (Å²) in [6.45, 7) is 4.66. The number of anilines is 2. The van der Waals surface area contributed by atoms with E-state index in [-0.39, 0.29) is 30.7 Å². The van der Waals surface area contributed by atoms with Crippen LogP contribution in [0.4, 0.5) is 11.4 Å². The first-order valence-corrected chi connectivity index (χ1v) is 11.2. The lowest BCUT2D eigenvalue weighted by molar-refractivity contribution is -0.121. The van der Waals surface area contributed by atoms with Gasteiger partial charge in [0.2, 0.25) is 5.89 Å². The number of amides is 2. The molecule has 0 aliphatic carbocycles. The number of aromatic nitrogens is 1. The van der Waals surface area contributed by atoms with Gasteiger partial charge in [0.25, 0.3) is 11.8 Å². The van der Waals surface area contributed by atoms with E-state index >= 15 is 0 Å². The standard InChI is InChI=1S/C25H26N4O5/c1-17-3-8-22-21(13-17)29(24(30)16-33-22)14-23-26-20(15-34-23)25(31)28-11-9-27(10-12-28)18-4-6-19(32-2)7-5-18/h3-8,13,15H,9-12,14,16H2,1-2H3. The Bertz CT molecular complexity index is 1200. The minimum Gasteiger partial charge on any atom is -0.497 e. The van der Waals surface area contributed by atoms with E-state index in [2.05, 4.69) is 9.88 Å². The number of carbonyl (C=O) groups is 2. The fourth-order valence-electron chi connectivity index (χ4n) is 4.23. The van der Waals surface area contributed by atoms with Crippen LogP contribution >= 0.6 is 0 Å². The van der Waals surface area contributed by atoms with Gasteiger partial charge in [0.15, 0.2) is 12.3 Å². The Morgan fingerprint density at radius 2 is 1.85 bits per heavy atom. The van der Waals surface area contributed by atoms with Crippen LogP contribution < -0.4 is 19.3 Å². The molecule has 0 bridgehead atoms. The summed E-state index contributed by atoms with van der Waals surface area (Å²) in [5, 5.41) is 0. The van der Waals surface area contributed by atoms with Gasteiger partial charge in [-0.1, -0.05) is 6.07 Å². The molecule has 2 aliphatic heterocycles. The number of piperazine rings is 1. The van der Waals surface area contributed by atoms with Gasteiger partial charge in [-0.3, -0.25) is 14.5 Å². The Morgan fingerprint density at radius 1 is 1.09 bits per heavy atom. The predicted octanol–water partition coefficient (Wildman–Crippen LogP) is 2.88. The second-order valence-corrected chi connectivity index (χ2v) is 8.34. The molecular weight excluding hydrogens is 436 g/mol. The van der Waals surface area contributed by atoms with Crippen LogP contribution in [0.1, 0.15) is 21.9 Å². The maximum Gasteiger partial charge on any atom is 0.275 e. The molecule has 2 aliphatic rings. The topological polar surface area (TPSA) is 88.4 Å². The third kappa shape index (κ3) is 4.28. The zero-order chi connectivity index (χ0) is 23.7. The van der Waals surface area contributed by atoms with Gasteiger partial charge in [-0.15, -0.1) is 0 Å². The maximum absolute atomic E-state index is 13.0. The first-order chi connectivity index (χ1) is 16.5. The second-order valence-electron chi connectivity index (χ2n) is 8.34. The molecule has 34 heavy (non-hydrogen) atoms. The largest absolute Gasteiger partial charge is 0.497 e. The number of nitrogens with zero attached hydrogens (tertiary/aromatic N) is 4. The monoisotopic (exact) mass is 462 g/mol. The Hall–Kier alpha value is -4.01. The lowest BCUT2D eigenvalue weighted by Crippen LogP contribution is -2.48. The van der Waals surface area contributed by atoms with Gasteiger partial charge in [0, 0.05) is 31.9 Å². The Kier molecular flexibility index (Phi) is 5.83. The lowest BCUT2D eigenvalue weighted by atomic mass is 10.1. The van der Waals surface area contributed by atoms with Gasteiger partial charge < -0.3 is 23.7 Å². The molecule has 5 rings (SSSR count). The molecule has 0 spiro atoms. The Morgan fingerprint density at radius 3 is 2.59 bits per heavy atom. The van der Waals surface area contributed by atoms with E-state index in [0.29, 0.717) is 30.4 Å². The third-order valence-corrected chi connectivity index (χ3v) is 6.13. The summed E-state index contributed by atoms with van der Waals surface area (Å²) in [6, 6.07) is 13.6. The van der Waals surface area contributed by atoms with Crippen molar-refractivity contribution in [3.63, 3.8) is 0 Å². The highest BCUT2D eigenvalue weighted by Gasteiger charge is 2.29. The van der Waals surface area contributed by atoms with E-state index < -0.39 is 0 Å². The Labute approximate surface area is 197 Å². The SMILES string of the molecule is COc1ccc(N2CCN(C(=O)c3coc(CN4C(=O)COc5ccc(C)cc54)n3)CC2)cc1. The number of ether oxygens (including phenoxy) is 2. The van der Waals surface area contributed by atoms with Gasteiger partial charge in [-0.25, -0.2) is 4.98 Å². The van der Waals surface area contributed by atoms with Gasteiger partial charge >= 0.3 is 0 Å². The number of carbonyl (C=O) groups excluding carboxylic acids is 2. The number of oxazole rings is 1. The summed E-state index contributed by atoms with van der Waals surface area (Å²) < 4.78 is 16.3. The summed E-state index contributed by atoms with van der Waals surface area (Å²) in [5.74, 6) is 1.41. The molecule has 1 aromatic heterocycles. The fourth-order valence-corrected chi connectivity index (χ4v) is 4.23. The molecule has 3 aromatic rings. The van der Waals surface area contributed by atoms with Crippen molar-refractivity contribution in [1.82, 2.24) is 9.88 Å². The molecule has 0 atom stereocenters. The van der Waals surface area contributed by atoms with Crippen molar-refractivity contribution in [3.8, 4) is 11.5 Å². The van der Waals surface area contributed by atoms with Gasteiger partial charge in [-0.05, 0) is 48.9 Å². The summed E-state index contributed by atoms with van der Waals surface area (Å²) in [6.07, 6.45) is 1.37. The summed E-state index contributed by atoms with van der Waals surface area (Å²) in [7, 11) is 1.65. The summed E-state index contributed by atoms with van der Waals surface area (Å²) >= 11 is 0. The van der Waals surface area contributed by atoms with Crippen molar-refractivity contribution in [2.75, 3.05) is 49.7 Å². The van der Waals surface area contributed by atoms with Crippen molar-refractivity contribution in [1.29, 1.82) is 0 Å². The van der Waals surface area contributed by atoms with Crippen molar-refractivity contribution in [3.05, 3.63) is 65.9 Å². The van der Waals surface area contributed by atoms with Crippen molar-refractivity contribution >= 4 is 23.2 Å². The van der Waals surface area contributed by atoms with Crippen LogP contribution in [0, 0.1) is 6.92 Å². The van der Waals surface area contributed by atoms with Crippen LogP contribution in [0.2, 0.25) is 0 Å². The van der Waals surface area contributed by atoms with E-state index in [9.17, 15) is 9.59 Å². The van der Waals surface area contributed by atoms with Crippen LogP contribution in [-0.2, 0) is 11.3 Å². The van der Waals surface area contributed by atoms with Crippen LogP contribution in [0.5, 0.6) is 11.5 Å². The van der Waals surface area contributed by atoms with Gasteiger partial charge in [0.05, 0.1) is 12.8 Å². The number of rotatable bonds is 5. The third-order valence-electron chi connectivity index (χ3n) is 6.13. The maximum atomic E-state index is 13.0. The minimum atomic E-state index is -0.182. The molecule has 2 aromatic carbocycles. The molecule has 0 unspecified atom stereocenters. The van der Waals surface area contributed by atoms with Gasteiger partial charge in [-0.2, -0.15) is 0 Å². The molecule has 176 valence electrons. The predicted molar refractivity (Wildman–Crippen MR) is 125 cm³/mol. The summed E-state index contributed by atoms with van der Waals surface area (Å²) in [5.41, 5.74) is 3.04. The van der Waals surface area contributed by atoms with Crippen LogP contribution in [0.15, 0.2) is 53.1 Å². The summed E-state index contributed by atoms with van der Waals surface area (Å²) in [4.78, 5) is 35.5. The molecule has 2 amide bonds. The normalized spacial score (nSPS) is 15.7. The highest BCUT2D eigenvalue weighted by Crippen LogP contribution is 2.33. The number of hydrogen-bond donors (Lipinski definition) is 0. The van der Waals surface area contributed by atoms with E-state index in [4.69, 9.17) is 13.9 Å². The van der Waals surface area contributed by atoms with Crippen molar-refractivity contribution in [2.24, 2.45) is 0 Å². The molecular formula is C25H26N4O5. The molecule has 0 saturated carbocycles. The molecule has 0 N–H and O–H groups in total. The quantitative estimate of drug-likeness (QED) is 0.576. The fraction of sp³-hybridized carbons (Fsp3) is 0.320. The number of benzene rings is 2. The highest BCUT2D eigenvalue weighted by molar-refractivity contribution is 5.97. The number of aryl methyl sites for hydroxylation is 1. The molecule has 9 heteroatoms. The van der Waals surface area contributed by atoms with Crippen molar-refractivity contribution < 1.29 is 23.5 Å². The van der Waals surface area contributed by atoms with E-state index in [1.807, 2.05) is 49.4 Å². The zero-order valence-corrected chi connectivity index (χ0v) is 19.2.